The largest absolute Gasteiger partial charge is 0.494 e. The Hall–Kier alpha value is -2.75. The molecule has 0 unspecified atom stereocenters. The average molecular weight is 294 g/mol. The topological polar surface area (TPSA) is 47.1 Å². The molecule has 0 aliphatic heterocycles. The van der Waals surface area contributed by atoms with Crippen molar-refractivity contribution >= 4 is 0 Å². The summed E-state index contributed by atoms with van der Waals surface area (Å²) in [6, 6.07) is 17.4. The van der Waals surface area contributed by atoms with E-state index in [1.165, 1.54) is 0 Å². The molecule has 4 heteroatoms. The van der Waals surface area contributed by atoms with Crippen molar-refractivity contribution in [3.8, 4) is 17.2 Å². The number of para-hydroxylation sites is 1. The number of hydrogen-bond donors (Lipinski definition) is 1. The van der Waals surface area contributed by atoms with Crippen LogP contribution in [0.5, 0.6) is 17.2 Å². The number of nitrogens with one attached hydrogen (secondary N) is 1. The zero-order chi connectivity index (χ0) is 15.0. The molecule has 2 aromatic carbocycles. The first-order chi connectivity index (χ1) is 10.9. The summed E-state index contributed by atoms with van der Waals surface area (Å²) in [4.78, 5) is 7.08. The van der Waals surface area contributed by atoms with Crippen LogP contribution < -0.4 is 9.47 Å². The van der Waals surface area contributed by atoms with Gasteiger partial charge in [-0.1, -0.05) is 18.2 Å². The second-order valence-corrected chi connectivity index (χ2v) is 4.92. The summed E-state index contributed by atoms with van der Waals surface area (Å²) in [6.07, 6.45) is 5.43. The lowest BCUT2D eigenvalue weighted by Crippen LogP contribution is -1.99. The second kappa shape index (κ2) is 7.31. The van der Waals surface area contributed by atoms with Crippen LogP contribution in [0.1, 0.15) is 12.1 Å². The molecule has 0 saturated carbocycles. The monoisotopic (exact) mass is 294 g/mol. The van der Waals surface area contributed by atoms with Gasteiger partial charge in [0.2, 0.25) is 0 Å². The minimum atomic E-state index is 0.678. The lowest BCUT2D eigenvalue weighted by atomic mass is 10.2. The molecule has 22 heavy (non-hydrogen) atoms. The molecule has 0 radical (unpaired) electrons. The van der Waals surface area contributed by atoms with Crippen molar-refractivity contribution in [3.63, 3.8) is 0 Å². The van der Waals surface area contributed by atoms with Gasteiger partial charge in [0.05, 0.1) is 12.9 Å². The summed E-state index contributed by atoms with van der Waals surface area (Å²) in [7, 11) is 0. The molecule has 0 amide bonds. The van der Waals surface area contributed by atoms with Gasteiger partial charge in [0.1, 0.15) is 17.2 Å². The van der Waals surface area contributed by atoms with Crippen molar-refractivity contribution < 1.29 is 9.47 Å². The maximum atomic E-state index is 5.74. The highest BCUT2D eigenvalue weighted by molar-refractivity contribution is 5.35. The first kappa shape index (κ1) is 14.2. The third-order valence-corrected chi connectivity index (χ3v) is 3.22. The molecule has 112 valence electrons. The molecule has 0 fully saturated rings. The van der Waals surface area contributed by atoms with Gasteiger partial charge in [-0.15, -0.1) is 0 Å². The fraction of sp³-hybridized carbons (Fsp3) is 0.167. The van der Waals surface area contributed by atoms with E-state index in [9.17, 15) is 0 Å². The fourth-order valence-corrected chi connectivity index (χ4v) is 2.10. The molecule has 0 atom stereocenters. The van der Waals surface area contributed by atoms with E-state index in [2.05, 4.69) is 9.97 Å². The number of aryl methyl sites for hydroxylation is 1. The minimum Gasteiger partial charge on any atom is -0.494 e. The predicted molar refractivity (Wildman–Crippen MR) is 85.4 cm³/mol. The van der Waals surface area contributed by atoms with Crippen LogP contribution in [0.3, 0.4) is 0 Å². The second-order valence-electron chi connectivity index (χ2n) is 4.92. The van der Waals surface area contributed by atoms with Gasteiger partial charge in [0.15, 0.2) is 0 Å². The quantitative estimate of drug-likeness (QED) is 0.664. The van der Waals surface area contributed by atoms with E-state index in [1.54, 1.807) is 6.33 Å². The summed E-state index contributed by atoms with van der Waals surface area (Å²) in [5, 5.41) is 0. The molecule has 0 saturated heterocycles. The van der Waals surface area contributed by atoms with Crippen molar-refractivity contribution in [1.82, 2.24) is 9.97 Å². The highest BCUT2D eigenvalue weighted by atomic mass is 16.5. The zero-order valence-corrected chi connectivity index (χ0v) is 12.2. The predicted octanol–water partition coefficient (Wildman–Crippen LogP) is 4.21. The van der Waals surface area contributed by atoms with Crippen LogP contribution in [0.4, 0.5) is 0 Å². The molecular weight excluding hydrogens is 276 g/mol. The van der Waals surface area contributed by atoms with Gasteiger partial charge >= 0.3 is 0 Å². The van der Waals surface area contributed by atoms with E-state index in [-0.39, 0.29) is 0 Å². The van der Waals surface area contributed by atoms with Crippen molar-refractivity contribution in [2.45, 2.75) is 12.8 Å². The SMILES string of the molecule is c1ccc(Oc2ccc(OCCCc3cnc[nH]3)cc2)cc1. The van der Waals surface area contributed by atoms with Crippen LogP contribution in [0.2, 0.25) is 0 Å². The standard InChI is InChI=1S/C18H18N2O2/c1-2-6-17(7-3-1)22-18-10-8-16(9-11-18)21-12-4-5-15-13-19-14-20-15/h1-3,6-11,13-14H,4-5,12H2,(H,19,20). The van der Waals surface area contributed by atoms with Crippen LogP contribution >= 0.6 is 0 Å². The minimum absolute atomic E-state index is 0.678. The lowest BCUT2D eigenvalue weighted by molar-refractivity contribution is 0.310. The third kappa shape index (κ3) is 4.12. The molecule has 4 nitrogen and oxygen atoms in total. The molecule has 0 aliphatic rings. The van der Waals surface area contributed by atoms with E-state index in [1.807, 2.05) is 60.8 Å². The van der Waals surface area contributed by atoms with Gasteiger partial charge in [0, 0.05) is 11.9 Å². The molecular formula is C18H18N2O2. The maximum Gasteiger partial charge on any atom is 0.127 e. The molecule has 3 aromatic rings. The van der Waals surface area contributed by atoms with Crippen LogP contribution in [0, 0.1) is 0 Å². The van der Waals surface area contributed by atoms with Gasteiger partial charge < -0.3 is 14.5 Å². The highest BCUT2D eigenvalue weighted by Gasteiger charge is 1.99. The Morgan fingerprint density at radius 1 is 0.864 bits per heavy atom. The smallest absolute Gasteiger partial charge is 0.127 e. The van der Waals surface area contributed by atoms with Gasteiger partial charge in [-0.05, 0) is 49.2 Å². The summed E-state index contributed by atoms with van der Waals surface area (Å²) >= 11 is 0. The van der Waals surface area contributed by atoms with E-state index < -0.39 is 0 Å². The molecule has 0 spiro atoms. The number of H-pyrrole nitrogens is 1. The first-order valence-electron chi connectivity index (χ1n) is 7.33. The van der Waals surface area contributed by atoms with Crippen LogP contribution in [0.15, 0.2) is 67.1 Å². The molecule has 0 bridgehead atoms. The van der Waals surface area contributed by atoms with Crippen molar-refractivity contribution in [1.29, 1.82) is 0 Å². The summed E-state index contributed by atoms with van der Waals surface area (Å²) in [5.41, 5.74) is 1.13. The average Bonchev–Trinajstić information content (AvgIpc) is 3.07. The van der Waals surface area contributed by atoms with E-state index >= 15 is 0 Å². The van der Waals surface area contributed by atoms with Gasteiger partial charge in [-0.3, -0.25) is 0 Å². The zero-order valence-electron chi connectivity index (χ0n) is 12.2. The van der Waals surface area contributed by atoms with Crippen molar-refractivity contribution in [3.05, 3.63) is 72.8 Å². The van der Waals surface area contributed by atoms with Crippen molar-refractivity contribution in [2.24, 2.45) is 0 Å². The molecule has 1 aromatic heterocycles. The van der Waals surface area contributed by atoms with Crippen LogP contribution in [0.25, 0.3) is 0 Å². The molecule has 0 aliphatic carbocycles. The summed E-state index contributed by atoms with van der Waals surface area (Å²) in [6.45, 7) is 0.678. The third-order valence-electron chi connectivity index (χ3n) is 3.22. The molecule has 1 heterocycles. The van der Waals surface area contributed by atoms with Crippen molar-refractivity contribution in [2.75, 3.05) is 6.61 Å². The number of benzene rings is 2. The Labute approximate surface area is 129 Å². The summed E-state index contributed by atoms with van der Waals surface area (Å²) in [5.74, 6) is 2.48. The Kier molecular flexibility index (Phi) is 4.72. The van der Waals surface area contributed by atoms with E-state index in [0.717, 1.165) is 35.8 Å². The maximum absolute atomic E-state index is 5.74. The normalized spacial score (nSPS) is 10.4. The number of ether oxygens (including phenoxy) is 2. The highest BCUT2D eigenvalue weighted by Crippen LogP contribution is 2.23. The Bertz CT molecular complexity index is 664. The fourth-order valence-electron chi connectivity index (χ4n) is 2.10. The lowest BCUT2D eigenvalue weighted by Gasteiger charge is -2.08. The Morgan fingerprint density at radius 2 is 1.59 bits per heavy atom. The van der Waals surface area contributed by atoms with Crippen LogP contribution in [-0.2, 0) is 6.42 Å². The number of hydrogen-bond acceptors (Lipinski definition) is 3. The van der Waals surface area contributed by atoms with Gasteiger partial charge in [0.25, 0.3) is 0 Å². The van der Waals surface area contributed by atoms with E-state index in [0.29, 0.717) is 6.61 Å². The number of nitrogens with zero attached hydrogens (tertiary/aromatic N) is 1. The molecule has 1 N–H and O–H groups in total. The first-order valence-corrected chi connectivity index (χ1v) is 7.33. The Morgan fingerprint density at radius 3 is 2.32 bits per heavy atom. The van der Waals surface area contributed by atoms with Gasteiger partial charge in [-0.25, -0.2) is 4.98 Å². The van der Waals surface area contributed by atoms with Crippen LogP contribution in [-0.4, -0.2) is 16.6 Å². The number of rotatable bonds is 7. The number of aromatic amines is 1. The van der Waals surface area contributed by atoms with E-state index in [4.69, 9.17) is 9.47 Å². The number of aromatic nitrogens is 2. The van der Waals surface area contributed by atoms with Gasteiger partial charge in [-0.2, -0.15) is 0 Å². The molecule has 3 rings (SSSR count). The Balaban J connectivity index is 1.45. The number of imidazole rings is 1. The summed E-state index contributed by atoms with van der Waals surface area (Å²) < 4.78 is 11.5.